The summed E-state index contributed by atoms with van der Waals surface area (Å²) in [5.74, 6) is 5.40. The highest BCUT2D eigenvalue weighted by atomic mass is 35.5. The predicted molar refractivity (Wildman–Crippen MR) is 116 cm³/mol. The average Bonchev–Trinajstić information content (AvgIpc) is 2.92. The number of likely N-dealkylation sites (tertiary alicyclic amines) is 1. The second-order valence-electron chi connectivity index (χ2n) is 6.71. The van der Waals surface area contributed by atoms with Crippen molar-refractivity contribution in [3.05, 3.63) is 28.6 Å². The number of alkyl halides is 4. The molecule has 3 nitrogen and oxygen atoms in total. The van der Waals surface area contributed by atoms with Crippen molar-refractivity contribution in [3.8, 4) is 11.8 Å². The number of hydrogen-bond acceptors (Lipinski definition) is 4. The van der Waals surface area contributed by atoms with Crippen LogP contribution in [0.2, 0.25) is 0 Å². The first kappa shape index (κ1) is 25.8. The molecule has 1 saturated heterocycles. The zero-order chi connectivity index (χ0) is 19.6. The molecule has 0 aliphatic carbocycles. The summed E-state index contributed by atoms with van der Waals surface area (Å²) in [6.07, 6.45) is -5.79. The number of piperidine rings is 1. The first-order valence-corrected chi connectivity index (χ1v) is 9.49. The van der Waals surface area contributed by atoms with Crippen molar-refractivity contribution in [2.45, 2.75) is 31.2 Å². The van der Waals surface area contributed by atoms with Crippen molar-refractivity contribution in [2.24, 2.45) is 5.73 Å². The molecule has 3 N–H and O–H groups in total. The van der Waals surface area contributed by atoms with Crippen LogP contribution < -0.4 is 11.1 Å². The van der Waals surface area contributed by atoms with Crippen molar-refractivity contribution in [1.82, 2.24) is 4.90 Å². The lowest BCUT2D eigenvalue weighted by atomic mass is 10.0. The number of anilines is 1. The van der Waals surface area contributed by atoms with Gasteiger partial charge in [-0.3, -0.25) is 0 Å². The van der Waals surface area contributed by atoms with Crippen LogP contribution in [0.25, 0.3) is 10.1 Å². The van der Waals surface area contributed by atoms with Crippen molar-refractivity contribution < 1.29 is 17.6 Å². The van der Waals surface area contributed by atoms with Gasteiger partial charge in [-0.15, -0.1) is 36.2 Å². The van der Waals surface area contributed by atoms with Gasteiger partial charge in [-0.1, -0.05) is 24.0 Å². The van der Waals surface area contributed by atoms with Crippen LogP contribution in [0, 0.1) is 11.8 Å². The summed E-state index contributed by atoms with van der Waals surface area (Å²) in [6.45, 7) is 1.18. The molecule has 0 spiro atoms. The molecule has 2 aromatic rings. The van der Waals surface area contributed by atoms with Crippen LogP contribution in [-0.4, -0.2) is 50.0 Å². The van der Waals surface area contributed by atoms with Gasteiger partial charge >= 0.3 is 6.18 Å². The van der Waals surface area contributed by atoms with E-state index in [0.29, 0.717) is 33.6 Å². The average molecular weight is 472 g/mol. The molecular formula is C19H23Cl2F4N3S. The molecule has 0 saturated carbocycles. The fraction of sp³-hybridized carbons (Fsp3) is 0.474. The Labute approximate surface area is 183 Å². The van der Waals surface area contributed by atoms with Gasteiger partial charge in [-0.25, -0.2) is 4.39 Å². The molecule has 0 unspecified atom stereocenters. The largest absolute Gasteiger partial charge is 0.393 e. The smallest absolute Gasteiger partial charge is 0.378 e. The summed E-state index contributed by atoms with van der Waals surface area (Å²) in [5.41, 5.74) is 6.19. The fourth-order valence-corrected chi connectivity index (χ4v) is 4.48. The van der Waals surface area contributed by atoms with E-state index >= 15 is 0 Å². The van der Waals surface area contributed by atoms with Gasteiger partial charge < -0.3 is 16.0 Å². The molecule has 2 atom stereocenters. The van der Waals surface area contributed by atoms with Crippen molar-refractivity contribution in [2.75, 3.05) is 32.0 Å². The Morgan fingerprint density at radius 1 is 1.31 bits per heavy atom. The van der Waals surface area contributed by atoms with Gasteiger partial charge in [0.15, 0.2) is 0 Å². The van der Waals surface area contributed by atoms with Crippen LogP contribution in [0.15, 0.2) is 18.2 Å². The Morgan fingerprint density at radius 2 is 2.03 bits per heavy atom. The zero-order valence-electron chi connectivity index (χ0n) is 15.7. The minimum Gasteiger partial charge on any atom is -0.378 e. The number of fused-ring (bicyclic) bond motifs is 1. The van der Waals surface area contributed by atoms with E-state index in [1.165, 1.54) is 11.3 Å². The lowest BCUT2D eigenvalue weighted by Crippen LogP contribution is -2.46. The molecule has 2 heterocycles. The maximum Gasteiger partial charge on any atom is 0.393 e. The Morgan fingerprint density at radius 3 is 2.66 bits per heavy atom. The van der Waals surface area contributed by atoms with E-state index in [9.17, 15) is 17.6 Å². The molecule has 1 aliphatic rings. The van der Waals surface area contributed by atoms with Crippen LogP contribution in [0.3, 0.4) is 0 Å². The van der Waals surface area contributed by atoms with E-state index in [-0.39, 0.29) is 43.0 Å². The highest BCUT2D eigenvalue weighted by Crippen LogP contribution is 2.39. The van der Waals surface area contributed by atoms with Gasteiger partial charge in [0, 0.05) is 13.1 Å². The Kier molecular flexibility index (Phi) is 9.51. The van der Waals surface area contributed by atoms with Crippen LogP contribution in [-0.2, 0) is 6.42 Å². The molecule has 162 valence electrons. The molecule has 0 amide bonds. The van der Waals surface area contributed by atoms with Crippen molar-refractivity contribution >= 4 is 51.9 Å². The van der Waals surface area contributed by atoms with Gasteiger partial charge in [0.2, 0.25) is 0 Å². The van der Waals surface area contributed by atoms with Gasteiger partial charge in [0.25, 0.3) is 0 Å². The first-order chi connectivity index (χ1) is 12.8. The summed E-state index contributed by atoms with van der Waals surface area (Å²) in [6, 6.07) is 4.77. The lowest BCUT2D eigenvalue weighted by Gasteiger charge is -2.33. The number of halogens is 6. The topological polar surface area (TPSA) is 41.3 Å². The molecule has 29 heavy (non-hydrogen) atoms. The van der Waals surface area contributed by atoms with E-state index in [2.05, 4.69) is 17.2 Å². The standard InChI is InChI=1S/C19H21F4N3S.2ClH/c1-26-9-7-15(14(20)11-26)25-16-5-2-4-12-13(10-19(21,22)23)17(6-3-8-24)27-18(12)16;;/h2,4-5,14-15,25H,7-11,24H2,1H3;2*1H/t14-,15+;;/m0../s1. The number of nitrogens with zero attached hydrogens (tertiary/aromatic N) is 1. The molecule has 1 fully saturated rings. The van der Waals surface area contributed by atoms with E-state index in [4.69, 9.17) is 5.73 Å². The third kappa shape index (κ3) is 6.37. The normalized spacial score (nSPS) is 19.7. The number of benzene rings is 1. The third-order valence-electron chi connectivity index (χ3n) is 4.58. The van der Waals surface area contributed by atoms with Gasteiger partial charge in [-0.2, -0.15) is 13.2 Å². The molecular weight excluding hydrogens is 449 g/mol. The number of hydrogen-bond donors (Lipinski definition) is 2. The van der Waals surface area contributed by atoms with Crippen LogP contribution in [0.1, 0.15) is 16.9 Å². The number of thiophene rings is 1. The second kappa shape index (κ2) is 10.7. The van der Waals surface area contributed by atoms with E-state index < -0.39 is 18.8 Å². The van der Waals surface area contributed by atoms with E-state index in [0.717, 1.165) is 6.54 Å². The van der Waals surface area contributed by atoms with Crippen LogP contribution in [0.4, 0.5) is 23.2 Å². The molecule has 1 aliphatic heterocycles. The van der Waals surface area contributed by atoms with Crippen molar-refractivity contribution in [1.29, 1.82) is 0 Å². The summed E-state index contributed by atoms with van der Waals surface area (Å²) in [5, 5.41) is 3.71. The molecule has 0 radical (unpaired) electrons. The molecule has 1 aromatic carbocycles. The highest BCUT2D eigenvalue weighted by Gasteiger charge is 2.32. The summed E-state index contributed by atoms with van der Waals surface area (Å²) in [7, 11) is 1.87. The minimum absolute atomic E-state index is 0. The van der Waals surface area contributed by atoms with E-state index in [1.807, 2.05) is 11.9 Å². The molecule has 10 heteroatoms. The Bertz CT molecular complexity index is 876. The predicted octanol–water partition coefficient (Wildman–Crippen LogP) is 4.61. The van der Waals surface area contributed by atoms with Crippen LogP contribution in [0.5, 0.6) is 0 Å². The van der Waals surface area contributed by atoms with Gasteiger partial charge in [0.1, 0.15) is 6.17 Å². The fourth-order valence-electron chi connectivity index (χ4n) is 3.31. The summed E-state index contributed by atoms with van der Waals surface area (Å²) >= 11 is 1.20. The molecule has 3 rings (SSSR count). The van der Waals surface area contributed by atoms with Gasteiger partial charge in [-0.05, 0) is 30.5 Å². The third-order valence-corrected chi connectivity index (χ3v) is 5.78. The highest BCUT2D eigenvalue weighted by molar-refractivity contribution is 7.20. The van der Waals surface area contributed by atoms with Crippen LogP contribution >= 0.6 is 36.2 Å². The quantitative estimate of drug-likeness (QED) is 0.507. The lowest BCUT2D eigenvalue weighted by molar-refractivity contribution is -0.126. The van der Waals surface area contributed by atoms with Crippen molar-refractivity contribution in [3.63, 3.8) is 0 Å². The maximum atomic E-state index is 14.4. The van der Waals surface area contributed by atoms with Gasteiger partial charge in [0.05, 0.1) is 34.3 Å². The maximum absolute atomic E-state index is 14.4. The summed E-state index contributed by atoms with van der Waals surface area (Å²) < 4.78 is 54.3. The molecule has 1 aromatic heterocycles. The second-order valence-corrected chi connectivity index (χ2v) is 7.73. The number of nitrogens with one attached hydrogen (secondary N) is 1. The number of rotatable bonds is 3. The molecule has 0 bridgehead atoms. The summed E-state index contributed by atoms with van der Waals surface area (Å²) in [4.78, 5) is 2.29. The minimum atomic E-state index is -4.34. The van der Waals surface area contributed by atoms with E-state index in [1.54, 1.807) is 18.2 Å². The Balaban J connectivity index is 0.00000210. The number of nitrogens with two attached hydrogens (primary N) is 1. The SMILES string of the molecule is CN1CC[C@@H](Nc2cccc3c(CC(F)(F)F)c(C#CCN)sc23)[C@@H](F)C1.Cl.Cl. The first-order valence-electron chi connectivity index (χ1n) is 8.67. The monoisotopic (exact) mass is 471 g/mol. The zero-order valence-corrected chi connectivity index (χ0v) is 18.1. The Hall–Kier alpha value is -1.24.